The predicted molar refractivity (Wildman–Crippen MR) is 55.1 cm³/mol. The van der Waals surface area contributed by atoms with E-state index in [1.165, 1.54) is 10.9 Å². The van der Waals surface area contributed by atoms with Gasteiger partial charge in [-0.05, 0) is 6.92 Å². The third-order valence-electron chi connectivity index (χ3n) is 1.70. The van der Waals surface area contributed by atoms with Crippen molar-refractivity contribution in [1.29, 1.82) is 0 Å². The van der Waals surface area contributed by atoms with Gasteiger partial charge in [0.1, 0.15) is 12.2 Å². The first-order valence-corrected chi connectivity index (χ1v) is 4.19. The Kier molecular flexibility index (Phi) is 3.62. The van der Waals surface area contributed by atoms with Crippen LogP contribution in [-0.2, 0) is 11.3 Å². The second-order valence-electron chi connectivity index (χ2n) is 2.97. The quantitative estimate of drug-likeness (QED) is 0.856. The molecule has 0 aromatic carbocycles. The van der Waals surface area contributed by atoms with Gasteiger partial charge in [0.2, 0.25) is 0 Å². The molecule has 8 heteroatoms. The molecule has 7 nitrogen and oxygen atoms in total. The zero-order valence-electron chi connectivity index (χ0n) is 8.32. The number of hydrogen-bond acceptors (Lipinski definition) is 5. The molecule has 2 heterocycles. The highest BCUT2D eigenvalue weighted by molar-refractivity contribution is 5.85. The third kappa shape index (κ3) is 2.57. The number of aryl methyl sites for hydroxylation is 1. The molecule has 0 amide bonds. The molecule has 0 fully saturated rings. The van der Waals surface area contributed by atoms with Crippen LogP contribution < -0.4 is 0 Å². The number of aromatic nitrogens is 4. The molecule has 0 saturated heterocycles. The highest BCUT2D eigenvalue weighted by Crippen LogP contribution is 2.13. The molecule has 2 aromatic rings. The van der Waals surface area contributed by atoms with Gasteiger partial charge in [-0.25, -0.2) is 4.98 Å². The van der Waals surface area contributed by atoms with Gasteiger partial charge in [-0.2, -0.15) is 4.98 Å². The summed E-state index contributed by atoms with van der Waals surface area (Å²) >= 11 is 0. The second-order valence-corrected chi connectivity index (χ2v) is 2.97. The highest BCUT2D eigenvalue weighted by Gasteiger charge is 2.10. The first-order chi connectivity index (χ1) is 7.15. The summed E-state index contributed by atoms with van der Waals surface area (Å²) in [6.45, 7) is 1.56. The lowest BCUT2D eigenvalue weighted by atomic mass is 10.5. The molecule has 0 atom stereocenters. The maximum Gasteiger partial charge on any atom is 0.323 e. The molecule has 0 unspecified atom stereocenters. The first kappa shape index (κ1) is 12.2. The van der Waals surface area contributed by atoms with Crippen LogP contribution in [0.1, 0.15) is 5.82 Å². The molecule has 16 heavy (non-hydrogen) atoms. The van der Waals surface area contributed by atoms with Crippen LogP contribution >= 0.6 is 12.4 Å². The lowest BCUT2D eigenvalue weighted by Crippen LogP contribution is -2.06. The van der Waals surface area contributed by atoms with Crippen molar-refractivity contribution in [3.05, 3.63) is 18.3 Å². The van der Waals surface area contributed by atoms with Crippen LogP contribution in [0.25, 0.3) is 11.6 Å². The molecule has 0 aliphatic carbocycles. The minimum absolute atomic E-state index is 0. The van der Waals surface area contributed by atoms with Crippen molar-refractivity contribution in [2.75, 3.05) is 0 Å². The maximum absolute atomic E-state index is 10.4. The Balaban J connectivity index is 0.00000128. The third-order valence-corrected chi connectivity index (χ3v) is 1.70. The fraction of sp³-hybridized carbons (Fsp3) is 0.250. The fourth-order valence-electron chi connectivity index (χ4n) is 1.11. The van der Waals surface area contributed by atoms with Crippen molar-refractivity contribution in [2.24, 2.45) is 0 Å². The zero-order valence-corrected chi connectivity index (χ0v) is 9.14. The molecule has 0 aliphatic rings. The predicted octanol–water partition coefficient (Wildman–Crippen LogP) is 0.748. The Hall–Kier alpha value is -1.89. The lowest BCUT2D eigenvalue weighted by Gasteiger charge is -1.92. The first-order valence-electron chi connectivity index (χ1n) is 4.19. The minimum Gasteiger partial charge on any atom is -0.480 e. The average molecular weight is 245 g/mol. The number of hydrogen-bond donors (Lipinski definition) is 1. The average Bonchev–Trinajstić information content (AvgIpc) is 2.72. The molecule has 2 aromatic heterocycles. The van der Waals surface area contributed by atoms with Gasteiger partial charge in [0.25, 0.3) is 5.89 Å². The van der Waals surface area contributed by atoms with E-state index in [0.717, 1.165) is 0 Å². The molecule has 0 saturated carbocycles. The van der Waals surface area contributed by atoms with Crippen molar-refractivity contribution in [3.8, 4) is 11.6 Å². The van der Waals surface area contributed by atoms with E-state index >= 15 is 0 Å². The largest absolute Gasteiger partial charge is 0.480 e. The van der Waals surface area contributed by atoms with Gasteiger partial charge in [0.15, 0.2) is 5.82 Å². The van der Waals surface area contributed by atoms with Gasteiger partial charge in [-0.1, -0.05) is 5.16 Å². The van der Waals surface area contributed by atoms with Gasteiger partial charge in [0.05, 0.1) is 6.33 Å². The van der Waals surface area contributed by atoms with Gasteiger partial charge in [-0.3, -0.25) is 4.79 Å². The molecular formula is C8H9ClN4O3. The summed E-state index contributed by atoms with van der Waals surface area (Å²) in [4.78, 5) is 18.3. The molecule has 0 spiro atoms. The van der Waals surface area contributed by atoms with E-state index in [0.29, 0.717) is 11.5 Å². The molecule has 1 N–H and O–H groups in total. The summed E-state index contributed by atoms with van der Waals surface area (Å²) in [6.07, 6.45) is 2.95. The Bertz CT molecular complexity index is 493. The molecule has 0 bridgehead atoms. The lowest BCUT2D eigenvalue weighted by molar-refractivity contribution is -0.137. The van der Waals surface area contributed by atoms with E-state index in [1.807, 2.05) is 0 Å². The Labute approximate surface area is 96.5 Å². The molecule has 2 rings (SSSR count). The normalized spacial score (nSPS) is 9.81. The van der Waals surface area contributed by atoms with E-state index < -0.39 is 5.97 Å². The molecular weight excluding hydrogens is 236 g/mol. The summed E-state index contributed by atoms with van der Waals surface area (Å²) in [5.41, 5.74) is 0.469. The smallest absolute Gasteiger partial charge is 0.323 e. The van der Waals surface area contributed by atoms with Crippen molar-refractivity contribution in [2.45, 2.75) is 13.5 Å². The Morgan fingerprint density at radius 2 is 2.38 bits per heavy atom. The van der Waals surface area contributed by atoms with E-state index in [-0.39, 0.29) is 24.8 Å². The van der Waals surface area contributed by atoms with Crippen molar-refractivity contribution >= 4 is 18.4 Å². The SMILES string of the molecule is Cc1noc(-c2cn(CC(=O)O)cn2)n1.Cl. The summed E-state index contributed by atoms with van der Waals surface area (Å²) in [6, 6.07) is 0. The monoisotopic (exact) mass is 244 g/mol. The van der Waals surface area contributed by atoms with Gasteiger partial charge in [-0.15, -0.1) is 12.4 Å². The van der Waals surface area contributed by atoms with Crippen LogP contribution in [-0.4, -0.2) is 30.8 Å². The Morgan fingerprint density at radius 1 is 1.62 bits per heavy atom. The van der Waals surface area contributed by atoms with Crippen molar-refractivity contribution in [1.82, 2.24) is 19.7 Å². The van der Waals surface area contributed by atoms with Gasteiger partial charge < -0.3 is 14.2 Å². The van der Waals surface area contributed by atoms with Crippen LogP contribution in [0.4, 0.5) is 0 Å². The molecule has 0 aliphatic heterocycles. The van der Waals surface area contributed by atoms with Crippen molar-refractivity contribution < 1.29 is 14.4 Å². The van der Waals surface area contributed by atoms with Crippen LogP contribution in [0.2, 0.25) is 0 Å². The highest BCUT2D eigenvalue weighted by atomic mass is 35.5. The van der Waals surface area contributed by atoms with Gasteiger partial charge in [0, 0.05) is 6.20 Å². The molecule has 0 radical (unpaired) electrons. The fourth-order valence-corrected chi connectivity index (χ4v) is 1.11. The summed E-state index contributed by atoms with van der Waals surface area (Å²) in [7, 11) is 0. The number of aliphatic carboxylic acids is 1. The van der Waals surface area contributed by atoms with E-state index in [1.54, 1.807) is 13.1 Å². The van der Waals surface area contributed by atoms with Crippen molar-refractivity contribution in [3.63, 3.8) is 0 Å². The number of carboxylic acids is 1. The summed E-state index contributed by atoms with van der Waals surface area (Å²) in [5.74, 6) is -0.130. The van der Waals surface area contributed by atoms with Crippen LogP contribution in [0, 0.1) is 6.92 Å². The number of imidazole rings is 1. The van der Waals surface area contributed by atoms with Crippen LogP contribution in [0.5, 0.6) is 0 Å². The van der Waals surface area contributed by atoms with E-state index in [9.17, 15) is 4.79 Å². The number of rotatable bonds is 3. The number of carbonyl (C=O) groups is 1. The van der Waals surface area contributed by atoms with E-state index in [4.69, 9.17) is 9.63 Å². The maximum atomic E-state index is 10.4. The topological polar surface area (TPSA) is 94.0 Å². The number of halogens is 1. The Morgan fingerprint density at radius 3 is 2.94 bits per heavy atom. The summed E-state index contributed by atoms with van der Waals surface area (Å²) in [5, 5.41) is 12.2. The standard InChI is InChI=1S/C8H8N4O3.ClH/c1-5-10-8(15-11-5)6-2-12(4-9-6)3-7(13)14;/h2,4H,3H2,1H3,(H,13,14);1H. The number of carboxylic acid groups (broad SMARTS) is 1. The van der Waals surface area contributed by atoms with Crippen LogP contribution in [0.3, 0.4) is 0 Å². The van der Waals surface area contributed by atoms with Gasteiger partial charge >= 0.3 is 5.97 Å². The second kappa shape index (κ2) is 4.75. The number of nitrogens with zero attached hydrogens (tertiary/aromatic N) is 4. The van der Waals surface area contributed by atoms with Crippen LogP contribution in [0.15, 0.2) is 17.0 Å². The molecule has 86 valence electrons. The zero-order chi connectivity index (χ0) is 10.8. The van der Waals surface area contributed by atoms with E-state index in [2.05, 4.69) is 15.1 Å². The summed E-state index contributed by atoms with van der Waals surface area (Å²) < 4.78 is 6.31. The minimum atomic E-state index is -0.930.